The molecule has 1 heterocycles. The molecule has 3 atom stereocenters. The topological polar surface area (TPSA) is 52.6 Å². The third-order valence-corrected chi connectivity index (χ3v) is 7.99. The minimum atomic E-state index is -1.40. The molecule has 1 amide bonds. The molecule has 0 spiro atoms. The molecule has 3 fully saturated rings. The normalized spacial score (nSPS) is 28.9. The zero-order valence-electron chi connectivity index (χ0n) is 18.7. The number of nitrogens with one attached hydrogen (secondary N) is 1. The Morgan fingerprint density at radius 2 is 1.73 bits per heavy atom. The van der Waals surface area contributed by atoms with Crippen LogP contribution >= 0.6 is 0 Å². The van der Waals surface area contributed by atoms with Crippen LogP contribution in [0.3, 0.4) is 0 Å². The Labute approximate surface area is 182 Å². The summed E-state index contributed by atoms with van der Waals surface area (Å²) >= 11 is 0. The predicted molar refractivity (Wildman–Crippen MR) is 121 cm³/mol. The highest BCUT2D eigenvalue weighted by Gasteiger charge is 2.46. The zero-order valence-corrected chi connectivity index (χ0v) is 18.7. The number of amides is 1. The van der Waals surface area contributed by atoms with Gasteiger partial charge in [0.25, 0.3) is 5.91 Å². The minimum absolute atomic E-state index is 0.0216. The molecule has 0 aromatic heterocycles. The van der Waals surface area contributed by atoms with Crippen molar-refractivity contribution >= 4 is 5.91 Å². The maximum Gasteiger partial charge on any atom is 0.257 e. The number of carbonyl (C=O) groups excluding carboxylic acids is 1. The third-order valence-electron chi connectivity index (χ3n) is 7.99. The van der Waals surface area contributed by atoms with E-state index >= 15 is 0 Å². The molecule has 3 unspecified atom stereocenters. The Hall–Kier alpha value is -1.39. The molecule has 1 aliphatic heterocycles. The highest BCUT2D eigenvalue weighted by molar-refractivity contribution is 5.87. The zero-order chi connectivity index (χ0) is 21.0. The van der Waals surface area contributed by atoms with Gasteiger partial charge in [0.15, 0.2) is 5.60 Å². The van der Waals surface area contributed by atoms with Crippen molar-refractivity contribution in [1.82, 2.24) is 10.2 Å². The summed E-state index contributed by atoms with van der Waals surface area (Å²) in [7, 11) is 0. The minimum Gasteiger partial charge on any atom is -0.375 e. The molecule has 166 valence electrons. The van der Waals surface area contributed by atoms with Gasteiger partial charge < -0.3 is 15.3 Å². The van der Waals surface area contributed by atoms with Crippen molar-refractivity contribution in [3.05, 3.63) is 35.9 Å². The summed E-state index contributed by atoms with van der Waals surface area (Å²) in [6.07, 6.45) is 11.6. The van der Waals surface area contributed by atoms with Gasteiger partial charge in [0.05, 0.1) is 0 Å². The van der Waals surface area contributed by atoms with Crippen LogP contribution in [0.4, 0.5) is 0 Å². The second-order valence-electron chi connectivity index (χ2n) is 10.3. The molecule has 4 heteroatoms. The van der Waals surface area contributed by atoms with E-state index < -0.39 is 5.60 Å². The number of benzene rings is 1. The van der Waals surface area contributed by atoms with Crippen molar-refractivity contribution in [3.8, 4) is 0 Å². The molecule has 4 nitrogen and oxygen atoms in total. The van der Waals surface area contributed by atoms with Crippen molar-refractivity contribution in [2.75, 3.05) is 19.6 Å². The molecule has 2 aliphatic carbocycles. The van der Waals surface area contributed by atoms with Crippen molar-refractivity contribution in [2.45, 2.75) is 82.8 Å². The molecule has 1 aromatic carbocycles. The first-order valence-electron chi connectivity index (χ1n) is 12.4. The summed E-state index contributed by atoms with van der Waals surface area (Å²) in [5.41, 5.74) is -0.647. The largest absolute Gasteiger partial charge is 0.375 e. The van der Waals surface area contributed by atoms with Crippen LogP contribution in [-0.4, -0.2) is 41.6 Å². The van der Waals surface area contributed by atoms with E-state index in [-0.39, 0.29) is 17.9 Å². The second-order valence-corrected chi connectivity index (χ2v) is 10.3. The standard InChI is InChI=1S/C26H40N2O2/c1-20-8-7-9-21(18-20)19-28-16-14-24(15-17-28)27-25(29)26(30,23-12-5-6-13-23)22-10-3-2-4-11-22/h2-4,10-11,20-21,23-24,30H,5-9,12-19H2,1H3,(H,27,29). The average molecular weight is 413 g/mol. The number of hydrogen-bond donors (Lipinski definition) is 2. The first kappa shape index (κ1) is 21.8. The summed E-state index contributed by atoms with van der Waals surface area (Å²) < 4.78 is 0. The Kier molecular flexibility index (Phi) is 7.15. The second kappa shape index (κ2) is 9.82. The molecule has 0 radical (unpaired) electrons. The van der Waals surface area contributed by atoms with Crippen molar-refractivity contribution < 1.29 is 9.90 Å². The van der Waals surface area contributed by atoms with Crippen LogP contribution in [0.25, 0.3) is 0 Å². The van der Waals surface area contributed by atoms with Gasteiger partial charge in [-0.25, -0.2) is 0 Å². The smallest absolute Gasteiger partial charge is 0.257 e. The predicted octanol–water partition coefficient (Wildman–Crippen LogP) is 4.47. The maximum atomic E-state index is 13.4. The molecule has 0 bridgehead atoms. The van der Waals surface area contributed by atoms with Crippen LogP contribution in [-0.2, 0) is 10.4 Å². The van der Waals surface area contributed by atoms with E-state index in [1.807, 2.05) is 30.3 Å². The lowest BCUT2D eigenvalue weighted by Gasteiger charge is -2.39. The fourth-order valence-electron chi connectivity index (χ4n) is 6.23. The summed E-state index contributed by atoms with van der Waals surface area (Å²) in [4.78, 5) is 16.0. The Morgan fingerprint density at radius 3 is 2.40 bits per heavy atom. The molecule has 1 aromatic rings. The molecular weight excluding hydrogens is 372 g/mol. The van der Waals surface area contributed by atoms with E-state index in [0.29, 0.717) is 0 Å². The number of piperidine rings is 1. The van der Waals surface area contributed by atoms with Gasteiger partial charge in [-0.2, -0.15) is 0 Å². The van der Waals surface area contributed by atoms with Crippen molar-refractivity contribution in [2.24, 2.45) is 17.8 Å². The van der Waals surface area contributed by atoms with Gasteiger partial charge in [0.2, 0.25) is 0 Å². The molecular formula is C26H40N2O2. The molecule has 2 saturated carbocycles. The highest BCUT2D eigenvalue weighted by atomic mass is 16.3. The fraction of sp³-hybridized carbons (Fsp3) is 0.731. The van der Waals surface area contributed by atoms with Crippen molar-refractivity contribution in [3.63, 3.8) is 0 Å². The van der Waals surface area contributed by atoms with Gasteiger partial charge in [-0.05, 0) is 55.9 Å². The van der Waals surface area contributed by atoms with Gasteiger partial charge >= 0.3 is 0 Å². The van der Waals surface area contributed by atoms with E-state index in [4.69, 9.17) is 0 Å². The molecule has 3 aliphatic rings. The Morgan fingerprint density at radius 1 is 1.03 bits per heavy atom. The monoisotopic (exact) mass is 412 g/mol. The van der Waals surface area contributed by atoms with Crippen molar-refractivity contribution in [1.29, 1.82) is 0 Å². The highest BCUT2D eigenvalue weighted by Crippen LogP contribution is 2.41. The number of rotatable bonds is 6. The average Bonchev–Trinajstić information content (AvgIpc) is 3.31. The number of aliphatic hydroxyl groups is 1. The summed E-state index contributed by atoms with van der Waals surface area (Å²) in [5, 5.41) is 14.9. The quantitative estimate of drug-likeness (QED) is 0.725. The molecule has 1 saturated heterocycles. The van der Waals surface area contributed by atoms with Gasteiger partial charge in [-0.1, -0.05) is 62.9 Å². The lowest BCUT2D eigenvalue weighted by molar-refractivity contribution is -0.148. The van der Waals surface area contributed by atoms with Gasteiger partial charge in [0.1, 0.15) is 0 Å². The van der Waals surface area contributed by atoms with Gasteiger partial charge in [0, 0.05) is 31.6 Å². The van der Waals surface area contributed by atoms with Gasteiger partial charge in [-0.15, -0.1) is 0 Å². The fourth-order valence-corrected chi connectivity index (χ4v) is 6.23. The number of nitrogens with zero attached hydrogens (tertiary/aromatic N) is 1. The summed E-state index contributed by atoms with van der Waals surface area (Å²) in [6.45, 7) is 5.74. The van der Waals surface area contributed by atoms with Crippen LogP contribution in [0.5, 0.6) is 0 Å². The van der Waals surface area contributed by atoms with E-state index in [2.05, 4.69) is 17.1 Å². The van der Waals surface area contributed by atoms with Crippen LogP contribution in [0, 0.1) is 17.8 Å². The maximum absolute atomic E-state index is 13.4. The summed E-state index contributed by atoms with van der Waals surface area (Å²) in [5.74, 6) is 1.57. The SMILES string of the molecule is CC1CCCC(CN2CCC(NC(=O)C(O)(c3ccccc3)C3CCCC3)CC2)C1. The first-order valence-corrected chi connectivity index (χ1v) is 12.4. The lowest BCUT2D eigenvalue weighted by atomic mass is 9.79. The van der Waals surface area contributed by atoms with E-state index in [1.165, 1.54) is 32.2 Å². The van der Waals surface area contributed by atoms with E-state index in [0.717, 1.165) is 69.0 Å². The first-order chi connectivity index (χ1) is 14.6. The Balaban J connectivity index is 1.33. The number of carbonyl (C=O) groups is 1. The lowest BCUT2D eigenvalue weighted by Crippen LogP contribution is -2.54. The molecule has 4 rings (SSSR count). The Bertz CT molecular complexity index is 680. The van der Waals surface area contributed by atoms with Crippen LogP contribution < -0.4 is 5.32 Å². The van der Waals surface area contributed by atoms with E-state index in [1.54, 1.807) is 0 Å². The summed E-state index contributed by atoms with van der Waals surface area (Å²) in [6, 6.07) is 9.78. The molecule has 2 N–H and O–H groups in total. The molecule has 30 heavy (non-hydrogen) atoms. The van der Waals surface area contributed by atoms with Gasteiger partial charge in [-0.3, -0.25) is 4.79 Å². The van der Waals surface area contributed by atoms with E-state index in [9.17, 15) is 9.90 Å². The van der Waals surface area contributed by atoms with Crippen LogP contribution in [0.2, 0.25) is 0 Å². The van der Waals surface area contributed by atoms with Crippen LogP contribution in [0.1, 0.15) is 76.7 Å². The van der Waals surface area contributed by atoms with Crippen LogP contribution in [0.15, 0.2) is 30.3 Å². The number of hydrogen-bond acceptors (Lipinski definition) is 3. The number of likely N-dealkylation sites (tertiary alicyclic amines) is 1. The third kappa shape index (κ3) is 4.91.